The third-order valence-corrected chi connectivity index (χ3v) is 5.73. The first-order chi connectivity index (χ1) is 13.7. The number of anilines is 1. The number of hydrogen-bond donors (Lipinski definition) is 3. The molecule has 1 aliphatic rings. The lowest BCUT2D eigenvalue weighted by molar-refractivity contribution is -0.146. The summed E-state index contributed by atoms with van der Waals surface area (Å²) in [7, 11) is 0. The van der Waals surface area contributed by atoms with E-state index in [1.54, 1.807) is 0 Å². The molecule has 0 bridgehead atoms. The summed E-state index contributed by atoms with van der Waals surface area (Å²) in [6.07, 6.45) is 4.41. The van der Waals surface area contributed by atoms with Gasteiger partial charge in [0.25, 0.3) is 5.91 Å². The van der Waals surface area contributed by atoms with Crippen molar-refractivity contribution in [2.45, 2.75) is 44.6 Å². The molecule has 2 aromatic rings. The SMILES string of the molecule is C[C@@](NC(=O)c1ccc(-c2cc(F)cc(F)c2)cc1N)(C(=O)O)C1CCCCC1. The molecule has 3 rings (SSSR count). The molecule has 29 heavy (non-hydrogen) atoms. The van der Waals surface area contributed by atoms with Gasteiger partial charge in [-0.2, -0.15) is 0 Å². The summed E-state index contributed by atoms with van der Waals surface area (Å²) in [6, 6.07) is 7.52. The topological polar surface area (TPSA) is 92.4 Å². The third-order valence-electron chi connectivity index (χ3n) is 5.73. The molecule has 0 aliphatic heterocycles. The Balaban J connectivity index is 1.86. The zero-order chi connectivity index (χ0) is 21.2. The second-order valence-electron chi connectivity index (χ2n) is 7.76. The maximum absolute atomic E-state index is 13.5. The van der Waals surface area contributed by atoms with Gasteiger partial charge in [-0.15, -0.1) is 0 Å². The number of nitrogens with two attached hydrogens (primary N) is 1. The molecule has 1 saturated carbocycles. The molecule has 4 N–H and O–H groups in total. The molecular formula is C22H24F2N2O3. The van der Waals surface area contributed by atoms with Gasteiger partial charge in [0.15, 0.2) is 0 Å². The van der Waals surface area contributed by atoms with Crippen LogP contribution in [0.4, 0.5) is 14.5 Å². The van der Waals surface area contributed by atoms with E-state index in [4.69, 9.17) is 5.73 Å². The Morgan fingerprint density at radius 3 is 2.21 bits per heavy atom. The van der Waals surface area contributed by atoms with Gasteiger partial charge < -0.3 is 16.2 Å². The lowest BCUT2D eigenvalue weighted by Crippen LogP contribution is -2.57. The van der Waals surface area contributed by atoms with Gasteiger partial charge in [-0.3, -0.25) is 4.79 Å². The number of carboxylic acids is 1. The minimum atomic E-state index is -1.39. The highest BCUT2D eigenvalue weighted by atomic mass is 19.1. The number of nitrogen functional groups attached to an aromatic ring is 1. The van der Waals surface area contributed by atoms with Crippen molar-refractivity contribution in [1.82, 2.24) is 5.32 Å². The van der Waals surface area contributed by atoms with E-state index < -0.39 is 29.0 Å². The normalized spacial score (nSPS) is 16.8. The minimum absolute atomic E-state index is 0.0982. The molecule has 0 unspecified atom stereocenters. The van der Waals surface area contributed by atoms with Crippen LogP contribution in [0.25, 0.3) is 11.1 Å². The van der Waals surface area contributed by atoms with Gasteiger partial charge in [-0.25, -0.2) is 13.6 Å². The fourth-order valence-electron chi connectivity index (χ4n) is 3.98. The van der Waals surface area contributed by atoms with Gasteiger partial charge in [0.1, 0.15) is 17.2 Å². The molecule has 0 aromatic heterocycles. The number of aliphatic carboxylic acids is 1. The highest BCUT2D eigenvalue weighted by Gasteiger charge is 2.43. The van der Waals surface area contributed by atoms with Crippen molar-refractivity contribution < 1.29 is 23.5 Å². The smallest absolute Gasteiger partial charge is 0.329 e. The van der Waals surface area contributed by atoms with Gasteiger partial charge in [0, 0.05) is 11.8 Å². The maximum atomic E-state index is 13.5. The quantitative estimate of drug-likeness (QED) is 0.648. The molecule has 5 nitrogen and oxygen atoms in total. The van der Waals surface area contributed by atoms with E-state index in [9.17, 15) is 23.5 Å². The van der Waals surface area contributed by atoms with Crippen LogP contribution in [0.5, 0.6) is 0 Å². The van der Waals surface area contributed by atoms with Crippen LogP contribution in [0.1, 0.15) is 49.4 Å². The number of nitrogens with one attached hydrogen (secondary N) is 1. The summed E-state index contributed by atoms with van der Waals surface area (Å²) in [5.74, 6) is -3.26. The maximum Gasteiger partial charge on any atom is 0.329 e. The number of carboxylic acid groups (broad SMARTS) is 1. The molecule has 1 atom stereocenters. The highest BCUT2D eigenvalue weighted by Crippen LogP contribution is 2.34. The predicted molar refractivity (Wildman–Crippen MR) is 106 cm³/mol. The fourth-order valence-corrected chi connectivity index (χ4v) is 3.98. The average Bonchev–Trinajstić information content (AvgIpc) is 2.67. The molecule has 7 heteroatoms. The Hall–Kier alpha value is -2.96. The van der Waals surface area contributed by atoms with Crippen LogP contribution in [0, 0.1) is 17.6 Å². The Kier molecular flexibility index (Phi) is 5.86. The first-order valence-corrected chi connectivity index (χ1v) is 9.62. The van der Waals surface area contributed by atoms with Crippen LogP contribution in [0.15, 0.2) is 36.4 Å². The molecule has 154 valence electrons. The Bertz CT molecular complexity index is 921. The highest BCUT2D eigenvalue weighted by molar-refractivity contribution is 6.02. The number of rotatable bonds is 5. The first kappa shape index (κ1) is 20.8. The van der Waals surface area contributed by atoms with E-state index in [0.29, 0.717) is 11.1 Å². The third kappa shape index (κ3) is 4.39. The van der Waals surface area contributed by atoms with Crippen molar-refractivity contribution in [1.29, 1.82) is 0 Å². The van der Waals surface area contributed by atoms with Crippen LogP contribution in [0.3, 0.4) is 0 Å². The fraction of sp³-hybridized carbons (Fsp3) is 0.364. The molecule has 1 amide bonds. The summed E-state index contributed by atoms with van der Waals surface area (Å²) < 4.78 is 26.9. The van der Waals surface area contributed by atoms with E-state index in [1.807, 2.05) is 0 Å². The van der Waals surface area contributed by atoms with Gasteiger partial charge >= 0.3 is 5.97 Å². The van der Waals surface area contributed by atoms with Crippen LogP contribution in [0.2, 0.25) is 0 Å². The number of hydrogen-bond acceptors (Lipinski definition) is 3. The summed E-state index contributed by atoms with van der Waals surface area (Å²) in [5, 5.41) is 12.4. The first-order valence-electron chi connectivity index (χ1n) is 9.62. The van der Waals surface area contributed by atoms with E-state index in [-0.39, 0.29) is 17.2 Å². The average molecular weight is 402 g/mol. The molecule has 2 aromatic carbocycles. The van der Waals surface area contributed by atoms with Crippen LogP contribution >= 0.6 is 0 Å². The Morgan fingerprint density at radius 2 is 1.66 bits per heavy atom. The summed E-state index contributed by atoms with van der Waals surface area (Å²) >= 11 is 0. The summed E-state index contributed by atoms with van der Waals surface area (Å²) in [6.45, 7) is 1.53. The summed E-state index contributed by atoms with van der Waals surface area (Å²) in [4.78, 5) is 24.8. The van der Waals surface area contributed by atoms with Crippen LogP contribution in [-0.4, -0.2) is 22.5 Å². The second-order valence-corrected chi connectivity index (χ2v) is 7.76. The molecule has 0 saturated heterocycles. The lowest BCUT2D eigenvalue weighted by Gasteiger charge is -2.37. The van der Waals surface area contributed by atoms with Crippen LogP contribution in [-0.2, 0) is 4.79 Å². The molecule has 0 heterocycles. The predicted octanol–water partition coefficient (Wildman–Crippen LogP) is 4.37. The molecule has 1 aliphatic carbocycles. The van der Waals surface area contributed by atoms with Crippen molar-refractivity contribution in [3.63, 3.8) is 0 Å². The largest absolute Gasteiger partial charge is 0.480 e. The van der Waals surface area contributed by atoms with Crippen molar-refractivity contribution in [3.8, 4) is 11.1 Å². The monoisotopic (exact) mass is 402 g/mol. The van der Waals surface area contributed by atoms with Gasteiger partial charge in [-0.05, 0) is 61.1 Å². The second kappa shape index (κ2) is 8.19. The molecule has 0 spiro atoms. The van der Waals surface area contributed by atoms with Gasteiger partial charge in [0.2, 0.25) is 0 Å². The number of carbonyl (C=O) groups excluding carboxylic acids is 1. The molecule has 1 fully saturated rings. The number of halogens is 2. The summed E-state index contributed by atoms with van der Waals surface area (Å²) in [5.41, 5.74) is 5.58. The minimum Gasteiger partial charge on any atom is -0.480 e. The Labute approximate surface area is 167 Å². The van der Waals surface area contributed by atoms with E-state index in [1.165, 1.54) is 37.3 Å². The van der Waals surface area contributed by atoms with E-state index >= 15 is 0 Å². The molecule has 0 radical (unpaired) electrons. The van der Waals surface area contributed by atoms with Crippen molar-refractivity contribution in [2.75, 3.05) is 5.73 Å². The zero-order valence-corrected chi connectivity index (χ0v) is 16.2. The lowest BCUT2D eigenvalue weighted by atomic mass is 9.75. The Morgan fingerprint density at radius 1 is 1.03 bits per heavy atom. The van der Waals surface area contributed by atoms with Crippen molar-refractivity contribution in [2.24, 2.45) is 5.92 Å². The van der Waals surface area contributed by atoms with Crippen molar-refractivity contribution >= 4 is 17.6 Å². The van der Waals surface area contributed by atoms with E-state index in [2.05, 4.69) is 5.32 Å². The van der Waals surface area contributed by atoms with Gasteiger partial charge in [0.05, 0.1) is 5.56 Å². The number of benzene rings is 2. The van der Waals surface area contributed by atoms with Gasteiger partial charge in [-0.1, -0.05) is 25.3 Å². The number of carbonyl (C=O) groups is 2. The van der Waals surface area contributed by atoms with Crippen LogP contribution < -0.4 is 11.1 Å². The van der Waals surface area contributed by atoms with E-state index in [0.717, 1.165) is 38.2 Å². The standard InChI is InChI=1S/C22H24F2N2O3/c1-22(21(28)29,15-5-3-2-4-6-15)26-20(27)18-8-7-13(11-19(18)25)14-9-16(23)12-17(24)10-14/h7-12,15H,2-6,25H2,1H3,(H,26,27)(H,28,29)/t22-/m0/s1. The van der Waals surface area contributed by atoms with Crippen molar-refractivity contribution in [3.05, 3.63) is 53.6 Å². The number of amides is 1. The molecular weight excluding hydrogens is 378 g/mol. The zero-order valence-electron chi connectivity index (χ0n) is 16.2.